The number of nitrogens with zero attached hydrogens (tertiary/aromatic N) is 2. The molecule has 0 atom stereocenters. The van der Waals surface area contributed by atoms with Crippen LogP contribution < -0.4 is 16.6 Å². The number of nitrogens with two attached hydrogens (primary N) is 1. The van der Waals surface area contributed by atoms with Crippen molar-refractivity contribution >= 4 is 16.8 Å². The molecule has 1 amide bonds. The van der Waals surface area contributed by atoms with Crippen LogP contribution in [0, 0.1) is 0 Å². The molecule has 1 aliphatic heterocycles. The lowest BCUT2D eigenvalue weighted by Crippen LogP contribution is -2.42. The number of ether oxygens (including phenoxy) is 1. The fraction of sp³-hybridized carbons (Fsp3) is 0.375. The standard InChI is InChI=1S/C16H20N4O3/c17-20-11-13(15(21)12-3-1-2-4-14(12)20)16(22)18-5-6-19-7-9-23-10-8-19/h1-4,11H,5-10,17H2,(H,18,22). The summed E-state index contributed by atoms with van der Waals surface area (Å²) in [5.41, 5.74) is 0.363. The second-order valence-corrected chi connectivity index (χ2v) is 5.51. The zero-order valence-electron chi connectivity index (χ0n) is 12.8. The number of benzene rings is 1. The van der Waals surface area contributed by atoms with Crippen LogP contribution in [-0.4, -0.2) is 54.9 Å². The Morgan fingerprint density at radius 3 is 2.78 bits per heavy atom. The van der Waals surface area contributed by atoms with E-state index in [4.69, 9.17) is 10.6 Å². The third kappa shape index (κ3) is 3.35. The smallest absolute Gasteiger partial charge is 0.256 e. The Hall–Kier alpha value is -2.38. The normalized spacial score (nSPS) is 15.7. The molecule has 1 fully saturated rings. The monoisotopic (exact) mass is 316 g/mol. The number of fused-ring (bicyclic) bond motifs is 1. The Kier molecular flexibility index (Phi) is 4.59. The SMILES string of the molecule is Nn1cc(C(=O)NCCN2CCOCC2)c(=O)c2ccccc21. The molecule has 2 aromatic rings. The summed E-state index contributed by atoms with van der Waals surface area (Å²) in [6, 6.07) is 6.97. The number of rotatable bonds is 4. The molecule has 7 heteroatoms. The molecule has 1 saturated heterocycles. The minimum Gasteiger partial charge on any atom is -0.379 e. The van der Waals surface area contributed by atoms with Crippen molar-refractivity contribution in [1.82, 2.24) is 14.9 Å². The minimum absolute atomic E-state index is 0.0631. The summed E-state index contributed by atoms with van der Waals surface area (Å²) < 4.78 is 6.59. The van der Waals surface area contributed by atoms with Crippen molar-refractivity contribution in [2.45, 2.75) is 0 Å². The molecule has 0 radical (unpaired) electrons. The first-order chi connectivity index (χ1) is 11.2. The number of hydrogen-bond donors (Lipinski definition) is 2. The molecule has 0 unspecified atom stereocenters. The second kappa shape index (κ2) is 6.80. The van der Waals surface area contributed by atoms with Crippen molar-refractivity contribution in [3.05, 3.63) is 46.2 Å². The number of pyridine rings is 1. The van der Waals surface area contributed by atoms with Gasteiger partial charge in [0.25, 0.3) is 5.91 Å². The van der Waals surface area contributed by atoms with Crippen LogP contribution in [-0.2, 0) is 4.74 Å². The summed E-state index contributed by atoms with van der Waals surface area (Å²) in [6.07, 6.45) is 1.38. The van der Waals surface area contributed by atoms with Gasteiger partial charge in [-0.2, -0.15) is 0 Å². The predicted octanol–water partition coefficient (Wildman–Crippen LogP) is -0.223. The maximum Gasteiger partial charge on any atom is 0.256 e. The van der Waals surface area contributed by atoms with Crippen molar-refractivity contribution in [2.75, 3.05) is 45.2 Å². The molecule has 3 N–H and O–H groups in total. The summed E-state index contributed by atoms with van der Waals surface area (Å²) in [5.74, 6) is 5.49. The van der Waals surface area contributed by atoms with E-state index < -0.39 is 5.91 Å². The van der Waals surface area contributed by atoms with E-state index in [2.05, 4.69) is 10.2 Å². The second-order valence-electron chi connectivity index (χ2n) is 5.51. The Balaban J connectivity index is 1.71. The lowest BCUT2D eigenvalue weighted by atomic mass is 10.1. The molecule has 0 aliphatic carbocycles. The van der Waals surface area contributed by atoms with Crippen LogP contribution in [0.4, 0.5) is 0 Å². The molecule has 0 saturated carbocycles. The zero-order valence-corrected chi connectivity index (χ0v) is 12.8. The lowest BCUT2D eigenvalue weighted by Gasteiger charge is -2.26. The summed E-state index contributed by atoms with van der Waals surface area (Å²) >= 11 is 0. The molecule has 1 aromatic heterocycles. The number of hydrogen-bond acceptors (Lipinski definition) is 5. The predicted molar refractivity (Wildman–Crippen MR) is 88.0 cm³/mol. The van der Waals surface area contributed by atoms with Gasteiger partial charge in [0.15, 0.2) is 0 Å². The summed E-state index contributed by atoms with van der Waals surface area (Å²) in [7, 11) is 0. The topological polar surface area (TPSA) is 89.6 Å². The Bertz CT molecular complexity index is 765. The quantitative estimate of drug-likeness (QED) is 0.761. The maximum absolute atomic E-state index is 12.4. The van der Waals surface area contributed by atoms with Crippen LogP contribution in [0.2, 0.25) is 0 Å². The van der Waals surface area contributed by atoms with Crippen LogP contribution in [0.15, 0.2) is 35.3 Å². The van der Waals surface area contributed by atoms with Crippen molar-refractivity contribution in [3.8, 4) is 0 Å². The van der Waals surface area contributed by atoms with E-state index in [1.807, 2.05) is 0 Å². The van der Waals surface area contributed by atoms with Crippen molar-refractivity contribution in [3.63, 3.8) is 0 Å². The van der Waals surface area contributed by atoms with Crippen LogP contribution >= 0.6 is 0 Å². The Labute approximate surface area is 133 Å². The lowest BCUT2D eigenvalue weighted by molar-refractivity contribution is 0.0383. The van der Waals surface area contributed by atoms with Crippen LogP contribution in [0.3, 0.4) is 0 Å². The van der Waals surface area contributed by atoms with Gasteiger partial charge in [-0.15, -0.1) is 0 Å². The molecule has 2 heterocycles. The van der Waals surface area contributed by atoms with Gasteiger partial charge in [-0.3, -0.25) is 19.2 Å². The minimum atomic E-state index is -0.395. The third-order valence-corrected chi connectivity index (χ3v) is 4.00. The van der Waals surface area contributed by atoms with Gasteiger partial charge in [0, 0.05) is 37.8 Å². The molecule has 7 nitrogen and oxygen atoms in total. The highest BCUT2D eigenvalue weighted by molar-refractivity contribution is 5.97. The van der Waals surface area contributed by atoms with Gasteiger partial charge in [-0.05, 0) is 12.1 Å². The van der Waals surface area contributed by atoms with E-state index in [0.717, 1.165) is 32.8 Å². The van der Waals surface area contributed by atoms with Gasteiger partial charge in [0.1, 0.15) is 5.56 Å². The van der Waals surface area contributed by atoms with Crippen molar-refractivity contribution in [1.29, 1.82) is 0 Å². The van der Waals surface area contributed by atoms with E-state index in [-0.39, 0.29) is 11.0 Å². The highest BCUT2D eigenvalue weighted by Gasteiger charge is 2.15. The number of carbonyl (C=O) groups is 1. The van der Waals surface area contributed by atoms with Gasteiger partial charge in [-0.25, -0.2) is 0 Å². The molecular weight excluding hydrogens is 296 g/mol. The van der Waals surface area contributed by atoms with Crippen molar-refractivity contribution < 1.29 is 9.53 Å². The molecule has 122 valence electrons. The van der Waals surface area contributed by atoms with E-state index in [1.165, 1.54) is 10.9 Å². The number of aromatic nitrogens is 1. The maximum atomic E-state index is 12.4. The van der Waals surface area contributed by atoms with Gasteiger partial charge in [0.2, 0.25) is 5.43 Å². The van der Waals surface area contributed by atoms with E-state index >= 15 is 0 Å². The highest BCUT2D eigenvalue weighted by atomic mass is 16.5. The molecule has 23 heavy (non-hydrogen) atoms. The third-order valence-electron chi connectivity index (χ3n) is 4.00. The molecule has 0 spiro atoms. The molecular formula is C16H20N4O3. The summed E-state index contributed by atoms with van der Waals surface area (Å²) in [4.78, 5) is 26.9. The number of amides is 1. The van der Waals surface area contributed by atoms with Crippen molar-refractivity contribution in [2.24, 2.45) is 0 Å². The van der Waals surface area contributed by atoms with Gasteiger partial charge >= 0.3 is 0 Å². The number of nitrogens with one attached hydrogen (secondary N) is 1. The first-order valence-corrected chi connectivity index (χ1v) is 7.64. The fourth-order valence-electron chi connectivity index (χ4n) is 2.71. The number of nitrogen functional groups attached to an aromatic ring is 1. The first-order valence-electron chi connectivity index (χ1n) is 7.64. The van der Waals surface area contributed by atoms with E-state index in [0.29, 0.717) is 17.4 Å². The van der Waals surface area contributed by atoms with Crippen LogP contribution in [0.25, 0.3) is 10.9 Å². The van der Waals surface area contributed by atoms with Gasteiger partial charge < -0.3 is 15.9 Å². The van der Waals surface area contributed by atoms with Gasteiger partial charge in [0.05, 0.1) is 18.7 Å². The summed E-state index contributed by atoms with van der Waals surface area (Å²) in [6.45, 7) is 4.38. The molecule has 1 aromatic carbocycles. The molecule has 0 bridgehead atoms. The first kappa shape index (κ1) is 15.5. The molecule has 1 aliphatic rings. The average molecular weight is 316 g/mol. The largest absolute Gasteiger partial charge is 0.379 e. The Morgan fingerprint density at radius 2 is 2.00 bits per heavy atom. The number of morpholine rings is 1. The Morgan fingerprint density at radius 1 is 1.26 bits per heavy atom. The van der Waals surface area contributed by atoms with Crippen LogP contribution in [0.5, 0.6) is 0 Å². The van der Waals surface area contributed by atoms with E-state index in [9.17, 15) is 9.59 Å². The number of carbonyl (C=O) groups excluding carboxylic acids is 1. The highest BCUT2D eigenvalue weighted by Crippen LogP contribution is 2.09. The zero-order chi connectivity index (χ0) is 16.2. The molecule has 3 rings (SSSR count). The fourth-order valence-corrected chi connectivity index (χ4v) is 2.71. The average Bonchev–Trinajstić information content (AvgIpc) is 2.59. The summed E-state index contributed by atoms with van der Waals surface area (Å²) in [5, 5.41) is 3.23. The van der Waals surface area contributed by atoms with E-state index in [1.54, 1.807) is 24.3 Å². The number of para-hydroxylation sites is 1. The van der Waals surface area contributed by atoms with Crippen LogP contribution in [0.1, 0.15) is 10.4 Å². The van der Waals surface area contributed by atoms with Gasteiger partial charge in [-0.1, -0.05) is 12.1 Å².